The minimum Gasteiger partial charge on any atom is -0.493 e. The van der Waals surface area contributed by atoms with Crippen molar-refractivity contribution < 1.29 is 9.47 Å². The second-order valence-electron chi connectivity index (χ2n) is 2.96. The highest BCUT2D eigenvalue weighted by Gasteiger charge is 2.00. The average molecular weight is 232 g/mol. The van der Waals surface area contributed by atoms with E-state index in [9.17, 15) is 0 Å². The average Bonchev–Trinajstić information content (AvgIpc) is 2.25. The van der Waals surface area contributed by atoms with Gasteiger partial charge in [0, 0.05) is 0 Å². The maximum absolute atomic E-state index is 5.57. The van der Waals surface area contributed by atoms with Crippen molar-refractivity contribution in [2.45, 2.75) is 6.42 Å². The molecule has 0 heterocycles. The van der Waals surface area contributed by atoms with E-state index in [4.69, 9.17) is 9.47 Å². The van der Waals surface area contributed by atoms with Crippen molar-refractivity contribution in [1.29, 1.82) is 0 Å². The number of benzene rings is 1. The number of rotatable bonds is 6. The van der Waals surface area contributed by atoms with Crippen LogP contribution in [0.3, 0.4) is 0 Å². The maximum atomic E-state index is 5.57. The zero-order chi connectivity index (χ0) is 10.2. The Hall–Kier alpha value is -0.930. The largest absolute Gasteiger partial charge is 0.493 e. The van der Waals surface area contributed by atoms with E-state index in [0.717, 1.165) is 24.5 Å². The summed E-state index contributed by atoms with van der Waals surface area (Å²) in [6.45, 7) is 1.68. The van der Waals surface area contributed by atoms with Crippen LogP contribution in [0.2, 0.25) is 0 Å². The number of ether oxygens (including phenoxy) is 2. The summed E-state index contributed by atoms with van der Waals surface area (Å²) in [4.78, 5) is 0. The van der Waals surface area contributed by atoms with E-state index in [1.165, 1.54) is 0 Å². The van der Waals surface area contributed by atoms with Gasteiger partial charge in [0.1, 0.15) is 0 Å². The van der Waals surface area contributed by atoms with Gasteiger partial charge in [-0.05, 0) is 32.1 Å². The standard InChI is InChI=1S/C11H17NO2.ClH/c1-12-8-5-9-14-11-7-4-3-6-10(11)13-2;/h3-4,6-7,12H,5,8-9H2,1-2H3;1H. The molecule has 0 saturated carbocycles. The van der Waals surface area contributed by atoms with Crippen LogP contribution in [0.25, 0.3) is 0 Å². The van der Waals surface area contributed by atoms with Gasteiger partial charge in [-0.3, -0.25) is 0 Å². The molecule has 15 heavy (non-hydrogen) atoms. The Kier molecular flexibility index (Phi) is 7.86. The van der Waals surface area contributed by atoms with Gasteiger partial charge in [-0.15, -0.1) is 12.4 Å². The molecular formula is C11H18ClNO2. The van der Waals surface area contributed by atoms with Crippen molar-refractivity contribution in [3.05, 3.63) is 24.3 Å². The van der Waals surface area contributed by atoms with Crippen molar-refractivity contribution in [1.82, 2.24) is 5.32 Å². The third-order valence-corrected chi connectivity index (χ3v) is 1.90. The van der Waals surface area contributed by atoms with Crippen molar-refractivity contribution in [3.63, 3.8) is 0 Å². The zero-order valence-corrected chi connectivity index (χ0v) is 9.97. The van der Waals surface area contributed by atoms with Crippen molar-refractivity contribution in [2.24, 2.45) is 0 Å². The number of halogens is 1. The first kappa shape index (κ1) is 14.1. The molecule has 0 aliphatic heterocycles. The van der Waals surface area contributed by atoms with E-state index in [0.29, 0.717) is 6.61 Å². The first-order valence-electron chi connectivity index (χ1n) is 4.79. The SMILES string of the molecule is CNCCCOc1ccccc1OC.Cl. The molecule has 0 spiro atoms. The molecule has 0 saturated heterocycles. The van der Waals surface area contributed by atoms with Crippen LogP contribution in [-0.4, -0.2) is 27.3 Å². The highest BCUT2D eigenvalue weighted by atomic mass is 35.5. The molecule has 0 aliphatic carbocycles. The van der Waals surface area contributed by atoms with E-state index in [1.807, 2.05) is 31.3 Å². The minimum atomic E-state index is 0. The fourth-order valence-corrected chi connectivity index (χ4v) is 1.17. The summed E-state index contributed by atoms with van der Waals surface area (Å²) in [6.07, 6.45) is 0.995. The Bertz CT molecular complexity index is 269. The summed E-state index contributed by atoms with van der Waals surface area (Å²) in [6, 6.07) is 7.68. The maximum Gasteiger partial charge on any atom is 0.161 e. The Labute approximate surface area is 97.2 Å². The molecule has 0 amide bonds. The summed E-state index contributed by atoms with van der Waals surface area (Å²) in [5.74, 6) is 1.60. The molecule has 0 unspecified atom stereocenters. The van der Waals surface area contributed by atoms with Gasteiger partial charge in [-0.1, -0.05) is 12.1 Å². The van der Waals surface area contributed by atoms with Gasteiger partial charge in [0.2, 0.25) is 0 Å². The van der Waals surface area contributed by atoms with E-state index < -0.39 is 0 Å². The fraction of sp³-hybridized carbons (Fsp3) is 0.455. The van der Waals surface area contributed by atoms with Gasteiger partial charge in [-0.25, -0.2) is 0 Å². The Morgan fingerprint density at radius 2 is 1.87 bits per heavy atom. The first-order chi connectivity index (χ1) is 6.88. The molecule has 1 N–H and O–H groups in total. The van der Waals surface area contributed by atoms with Crippen LogP contribution < -0.4 is 14.8 Å². The summed E-state index contributed by atoms with van der Waals surface area (Å²) in [5.41, 5.74) is 0. The van der Waals surface area contributed by atoms with Crippen LogP contribution in [0.15, 0.2) is 24.3 Å². The van der Waals surface area contributed by atoms with Gasteiger partial charge in [0.15, 0.2) is 11.5 Å². The van der Waals surface area contributed by atoms with Gasteiger partial charge < -0.3 is 14.8 Å². The minimum absolute atomic E-state index is 0. The fourth-order valence-electron chi connectivity index (χ4n) is 1.17. The number of nitrogens with one attached hydrogen (secondary N) is 1. The quantitative estimate of drug-likeness (QED) is 0.761. The Morgan fingerprint density at radius 3 is 2.47 bits per heavy atom. The molecule has 3 nitrogen and oxygen atoms in total. The lowest BCUT2D eigenvalue weighted by Crippen LogP contribution is -2.11. The molecule has 0 aliphatic rings. The highest BCUT2D eigenvalue weighted by Crippen LogP contribution is 2.25. The predicted octanol–water partition coefficient (Wildman–Crippen LogP) is 2.11. The molecule has 1 rings (SSSR count). The van der Waals surface area contributed by atoms with Gasteiger partial charge in [0.25, 0.3) is 0 Å². The van der Waals surface area contributed by atoms with Crippen molar-refractivity contribution >= 4 is 12.4 Å². The lowest BCUT2D eigenvalue weighted by Gasteiger charge is -2.09. The molecule has 1 aromatic carbocycles. The second-order valence-corrected chi connectivity index (χ2v) is 2.96. The molecule has 0 aromatic heterocycles. The number of para-hydroxylation sites is 2. The highest BCUT2D eigenvalue weighted by molar-refractivity contribution is 5.85. The monoisotopic (exact) mass is 231 g/mol. The molecule has 0 fully saturated rings. The number of hydrogen-bond acceptors (Lipinski definition) is 3. The lowest BCUT2D eigenvalue weighted by molar-refractivity contribution is 0.289. The molecular weight excluding hydrogens is 214 g/mol. The normalized spacial score (nSPS) is 9.20. The van der Waals surface area contributed by atoms with E-state index in [-0.39, 0.29) is 12.4 Å². The van der Waals surface area contributed by atoms with Crippen molar-refractivity contribution in [3.8, 4) is 11.5 Å². The molecule has 1 aromatic rings. The van der Waals surface area contributed by atoms with Crippen LogP contribution >= 0.6 is 12.4 Å². The Morgan fingerprint density at radius 1 is 1.20 bits per heavy atom. The molecule has 0 bridgehead atoms. The first-order valence-corrected chi connectivity index (χ1v) is 4.79. The second kappa shape index (κ2) is 8.38. The van der Waals surface area contributed by atoms with Gasteiger partial charge in [0.05, 0.1) is 13.7 Å². The van der Waals surface area contributed by atoms with Gasteiger partial charge in [-0.2, -0.15) is 0 Å². The zero-order valence-electron chi connectivity index (χ0n) is 9.16. The third kappa shape index (κ3) is 4.91. The predicted molar refractivity (Wildman–Crippen MR) is 64.3 cm³/mol. The van der Waals surface area contributed by atoms with Crippen LogP contribution in [0.5, 0.6) is 11.5 Å². The lowest BCUT2D eigenvalue weighted by atomic mass is 10.3. The summed E-state index contributed by atoms with van der Waals surface area (Å²) in [5, 5.41) is 3.07. The molecule has 0 radical (unpaired) electrons. The summed E-state index contributed by atoms with van der Waals surface area (Å²) in [7, 11) is 3.58. The summed E-state index contributed by atoms with van der Waals surface area (Å²) < 4.78 is 10.7. The van der Waals surface area contributed by atoms with E-state index in [1.54, 1.807) is 7.11 Å². The van der Waals surface area contributed by atoms with Crippen LogP contribution in [0.4, 0.5) is 0 Å². The van der Waals surface area contributed by atoms with Crippen LogP contribution in [0, 0.1) is 0 Å². The number of hydrogen-bond donors (Lipinski definition) is 1. The van der Waals surface area contributed by atoms with Crippen molar-refractivity contribution in [2.75, 3.05) is 27.3 Å². The summed E-state index contributed by atoms with van der Waals surface area (Å²) >= 11 is 0. The van der Waals surface area contributed by atoms with Crippen LogP contribution in [-0.2, 0) is 0 Å². The van der Waals surface area contributed by atoms with Gasteiger partial charge >= 0.3 is 0 Å². The van der Waals surface area contributed by atoms with Crippen LogP contribution in [0.1, 0.15) is 6.42 Å². The van der Waals surface area contributed by atoms with E-state index >= 15 is 0 Å². The number of methoxy groups -OCH3 is 1. The molecule has 4 heteroatoms. The van der Waals surface area contributed by atoms with E-state index in [2.05, 4.69) is 5.32 Å². The molecule has 0 atom stereocenters. The third-order valence-electron chi connectivity index (χ3n) is 1.90. The molecule has 86 valence electrons. The smallest absolute Gasteiger partial charge is 0.161 e. The topological polar surface area (TPSA) is 30.5 Å². The Balaban J connectivity index is 0.00000196.